The molecule has 0 aliphatic heterocycles. The Morgan fingerprint density at radius 2 is 2.26 bits per heavy atom. The van der Waals surface area contributed by atoms with Crippen molar-refractivity contribution >= 4 is 33.7 Å². The van der Waals surface area contributed by atoms with Crippen molar-refractivity contribution in [1.82, 2.24) is 9.36 Å². The van der Waals surface area contributed by atoms with Crippen LogP contribution in [-0.4, -0.2) is 15.4 Å². The van der Waals surface area contributed by atoms with Crippen LogP contribution >= 0.6 is 22.9 Å². The smallest absolute Gasteiger partial charge is 0.148 e. The van der Waals surface area contributed by atoms with Crippen LogP contribution < -0.4 is 11.1 Å². The van der Waals surface area contributed by atoms with E-state index in [2.05, 4.69) is 28.5 Å². The zero-order valence-electron chi connectivity index (χ0n) is 11.6. The molecule has 0 aromatic carbocycles. The lowest BCUT2D eigenvalue weighted by Gasteiger charge is -2.13. The first-order valence-electron chi connectivity index (χ1n) is 6.56. The number of unbranched alkanes of at least 4 members (excludes halogenated alkanes) is 1. The number of aromatic nitrogens is 2. The van der Waals surface area contributed by atoms with E-state index in [1.165, 1.54) is 24.4 Å². The van der Waals surface area contributed by atoms with Gasteiger partial charge in [0.15, 0.2) is 0 Å². The molecular formula is C13H20N4S2. The van der Waals surface area contributed by atoms with E-state index in [9.17, 15) is 0 Å². The molecule has 2 aromatic heterocycles. The van der Waals surface area contributed by atoms with Gasteiger partial charge in [-0.15, -0.1) is 11.3 Å². The van der Waals surface area contributed by atoms with Gasteiger partial charge in [-0.3, -0.25) is 0 Å². The molecule has 0 saturated heterocycles. The van der Waals surface area contributed by atoms with Crippen LogP contribution in [0, 0.1) is 6.92 Å². The lowest BCUT2D eigenvalue weighted by molar-refractivity contribution is 0.646. The third-order valence-electron chi connectivity index (χ3n) is 2.96. The molecular weight excluding hydrogens is 276 g/mol. The zero-order chi connectivity index (χ0) is 13.8. The number of hydrogen-bond acceptors (Lipinski definition) is 6. The minimum absolute atomic E-state index is 0.429. The molecule has 0 fully saturated rings. The minimum Gasteiger partial charge on any atom is -0.382 e. The lowest BCUT2D eigenvalue weighted by atomic mass is 10.1. The molecule has 19 heavy (non-hydrogen) atoms. The number of rotatable bonds is 6. The van der Waals surface area contributed by atoms with E-state index in [-0.39, 0.29) is 0 Å². The summed E-state index contributed by atoms with van der Waals surface area (Å²) >= 11 is 3.06. The molecule has 0 radical (unpaired) electrons. The first-order chi connectivity index (χ1) is 9.11. The molecule has 2 rings (SSSR count). The molecule has 3 N–H and O–H groups in total. The highest BCUT2D eigenvalue weighted by molar-refractivity contribution is 7.11. The fourth-order valence-electron chi connectivity index (χ4n) is 1.93. The molecule has 0 aliphatic carbocycles. The van der Waals surface area contributed by atoms with E-state index in [0.29, 0.717) is 11.9 Å². The summed E-state index contributed by atoms with van der Waals surface area (Å²) in [5.41, 5.74) is 7.87. The van der Waals surface area contributed by atoms with E-state index >= 15 is 0 Å². The Morgan fingerprint density at radius 3 is 2.89 bits per heavy atom. The summed E-state index contributed by atoms with van der Waals surface area (Å²) in [5, 5.41) is 7.63. The molecule has 0 aliphatic rings. The van der Waals surface area contributed by atoms with Gasteiger partial charge in [-0.05, 0) is 31.8 Å². The quantitative estimate of drug-likeness (QED) is 0.840. The number of nitrogens with zero attached hydrogens (tertiary/aromatic N) is 2. The number of nitrogens with one attached hydrogen (secondary N) is 1. The molecule has 2 heterocycles. The highest BCUT2D eigenvalue weighted by Crippen LogP contribution is 2.37. The average Bonchev–Trinajstić information content (AvgIpc) is 2.93. The van der Waals surface area contributed by atoms with E-state index in [1.54, 1.807) is 11.3 Å². The van der Waals surface area contributed by atoms with Gasteiger partial charge in [-0.2, -0.15) is 4.37 Å². The maximum absolute atomic E-state index is 5.98. The molecule has 0 saturated carbocycles. The van der Waals surface area contributed by atoms with E-state index in [1.807, 2.05) is 12.3 Å². The highest BCUT2D eigenvalue weighted by atomic mass is 32.1. The highest BCUT2D eigenvalue weighted by Gasteiger charge is 2.17. The predicted octanol–water partition coefficient (Wildman–Crippen LogP) is 4.15. The van der Waals surface area contributed by atoms with Gasteiger partial charge in [0.05, 0.1) is 16.3 Å². The van der Waals surface area contributed by atoms with Gasteiger partial charge >= 0.3 is 0 Å². The lowest BCUT2D eigenvalue weighted by Crippen LogP contribution is -2.14. The van der Waals surface area contributed by atoms with Crippen LogP contribution in [0.1, 0.15) is 38.1 Å². The summed E-state index contributed by atoms with van der Waals surface area (Å²) in [7, 11) is 0. The summed E-state index contributed by atoms with van der Waals surface area (Å²) < 4.78 is 4.26. The number of nitrogens with two attached hydrogens (primary N) is 1. The molecule has 4 nitrogen and oxygen atoms in total. The van der Waals surface area contributed by atoms with Crippen molar-refractivity contribution < 1.29 is 0 Å². The van der Waals surface area contributed by atoms with Crippen LogP contribution in [0.15, 0.2) is 5.38 Å². The van der Waals surface area contributed by atoms with Crippen molar-refractivity contribution in [3.8, 4) is 11.3 Å². The fraction of sp³-hybridized carbons (Fsp3) is 0.538. The Bertz CT molecular complexity index is 532. The monoisotopic (exact) mass is 296 g/mol. The van der Waals surface area contributed by atoms with Gasteiger partial charge in [0.2, 0.25) is 0 Å². The summed E-state index contributed by atoms with van der Waals surface area (Å²) in [6.07, 6.45) is 3.60. The SMILES string of the molecule is CCCCC(C)Nc1snc(N)c1-c1csc(C)n1. The molecule has 0 spiro atoms. The average molecular weight is 296 g/mol. The van der Waals surface area contributed by atoms with Crippen molar-refractivity contribution in [2.45, 2.75) is 46.1 Å². The maximum atomic E-state index is 5.98. The van der Waals surface area contributed by atoms with Crippen molar-refractivity contribution in [2.75, 3.05) is 11.1 Å². The minimum atomic E-state index is 0.429. The topological polar surface area (TPSA) is 63.8 Å². The number of anilines is 2. The number of aryl methyl sites for hydroxylation is 1. The van der Waals surface area contributed by atoms with Crippen molar-refractivity contribution in [3.05, 3.63) is 10.4 Å². The molecule has 1 unspecified atom stereocenters. The molecule has 104 valence electrons. The van der Waals surface area contributed by atoms with Crippen molar-refractivity contribution in [2.24, 2.45) is 0 Å². The summed E-state index contributed by atoms with van der Waals surface area (Å²) in [6.45, 7) is 6.41. The summed E-state index contributed by atoms with van der Waals surface area (Å²) in [5.74, 6) is 0.570. The Morgan fingerprint density at radius 1 is 1.47 bits per heavy atom. The van der Waals surface area contributed by atoms with E-state index < -0.39 is 0 Å². The number of hydrogen-bond donors (Lipinski definition) is 2. The second-order valence-electron chi connectivity index (χ2n) is 4.71. The van der Waals surface area contributed by atoms with E-state index in [0.717, 1.165) is 27.7 Å². The van der Waals surface area contributed by atoms with Crippen LogP contribution in [0.3, 0.4) is 0 Å². The predicted molar refractivity (Wildman–Crippen MR) is 85.0 cm³/mol. The first kappa shape index (κ1) is 14.3. The Kier molecular flexibility index (Phi) is 4.76. The Hall–Kier alpha value is -1.14. The van der Waals surface area contributed by atoms with E-state index in [4.69, 9.17) is 5.73 Å². The first-order valence-corrected chi connectivity index (χ1v) is 8.21. The Labute approximate surface area is 122 Å². The van der Waals surface area contributed by atoms with Crippen LogP contribution in [0.5, 0.6) is 0 Å². The molecule has 6 heteroatoms. The molecule has 1 atom stereocenters. The van der Waals surface area contributed by atoms with Crippen LogP contribution in [0.25, 0.3) is 11.3 Å². The third kappa shape index (κ3) is 3.45. The van der Waals surface area contributed by atoms with Gasteiger partial charge in [-0.1, -0.05) is 19.8 Å². The summed E-state index contributed by atoms with van der Waals surface area (Å²) in [6, 6.07) is 0.429. The van der Waals surface area contributed by atoms with Gasteiger partial charge in [0.1, 0.15) is 10.8 Å². The standard InChI is InChI=1S/C13H20N4S2/c1-4-5-6-8(2)15-13-11(12(14)17-19-13)10-7-18-9(3)16-10/h7-8,15H,4-6H2,1-3H3,(H2,14,17). The maximum Gasteiger partial charge on any atom is 0.148 e. The van der Waals surface area contributed by atoms with Gasteiger partial charge in [-0.25, -0.2) is 4.98 Å². The number of thiazole rings is 1. The normalized spacial score (nSPS) is 12.6. The van der Waals surface area contributed by atoms with Crippen molar-refractivity contribution in [1.29, 1.82) is 0 Å². The third-order valence-corrected chi connectivity index (χ3v) is 4.53. The van der Waals surface area contributed by atoms with Crippen LogP contribution in [0.4, 0.5) is 10.8 Å². The van der Waals surface area contributed by atoms with Crippen LogP contribution in [0.2, 0.25) is 0 Å². The van der Waals surface area contributed by atoms with Gasteiger partial charge in [0.25, 0.3) is 0 Å². The Balaban J connectivity index is 2.18. The van der Waals surface area contributed by atoms with Crippen LogP contribution in [-0.2, 0) is 0 Å². The molecule has 0 amide bonds. The van der Waals surface area contributed by atoms with Gasteiger partial charge < -0.3 is 11.1 Å². The molecule has 0 bridgehead atoms. The summed E-state index contributed by atoms with van der Waals surface area (Å²) in [4.78, 5) is 4.51. The largest absolute Gasteiger partial charge is 0.382 e. The van der Waals surface area contributed by atoms with Crippen molar-refractivity contribution in [3.63, 3.8) is 0 Å². The van der Waals surface area contributed by atoms with Gasteiger partial charge in [0, 0.05) is 11.4 Å². The second kappa shape index (κ2) is 6.34. The second-order valence-corrected chi connectivity index (χ2v) is 6.55. The molecule has 2 aromatic rings. The number of nitrogen functional groups attached to an aromatic ring is 1. The fourth-order valence-corrected chi connectivity index (χ4v) is 3.37. The zero-order valence-corrected chi connectivity index (χ0v) is 13.2.